The number of aryl methyl sites for hydroxylation is 1. The predicted octanol–water partition coefficient (Wildman–Crippen LogP) is 2.44. The number of hydrogen-bond donors (Lipinski definition) is 5. The lowest BCUT2D eigenvalue weighted by atomic mass is 10.1. The number of benzene rings is 3. The summed E-state index contributed by atoms with van der Waals surface area (Å²) in [5.74, 6) is 0. The minimum atomic E-state index is -5.25. The summed E-state index contributed by atoms with van der Waals surface area (Å²) in [4.78, 5) is 20.0. The standard InChI is InChI=1S/C18H15N3O12S3/c1-9-2-3-13(15(4-9)21(23)24)19-18(22)20-14-7-11(34(25,26)27)5-10-6-12(35(28,29)30)8-16(17(10)14)36(31,32)33/h2-8H,1H3,(H2,19,20,22)(H,25,26,27)(H,28,29,30)(H,31,32,33). The Morgan fingerprint density at radius 1 is 0.806 bits per heavy atom. The molecule has 192 valence electrons. The van der Waals surface area contributed by atoms with Crippen molar-refractivity contribution in [3.8, 4) is 0 Å². The average Bonchev–Trinajstić information content (AvgIpc) is 2.71. The van der Waals surface area contributed by atoms with Crippen molar-refractivity contribution in [3.63, 3.8) is 0 Å². The number of anilines is 2. The molecule has 0 radical (unpaired) electrons. The fourth-order valence-electron chi connectivity index (χ4n) is 3.20. The van der Waals surface area contributed by atoms with E-state index in [4.69, 9.17) is 0 Å². The lowest BCUT2D eigenvalue weighted by molar-refractivity contribution is -0.384. The van der Waals surface area contributed by atoms with E-state index in [1.165, 1.54) is 12.1 Å². The number of nitro benzene ring substituents is 1. The van der Waals surface area contributed by atoms with Crippen LogP contribution in [0.5, 0.6) is 0 Å². The molecule has 0 aliphatic heterocycles. The van der Waals surface area contributed by atoms with Gasteiger partial charge in [-0.2, -0.15) is 25.3 Å². The summed E-state index contributed by atoms with van der Waals surface area (Å²) in [6, 6.07) is 4.75. The molecule has 0 saturated heterocycles. The molecule has 0 unspecified atom stereocenters. The Morgan fingerprint density at radius 3 is 1.83 bits per heavy atom. The zero-order chi connectivity index (χ0) is 27.2. The quantitative estimate of drug-likeness (QED) is 0.165. The molecule has 0 atom stereocenters. The van der Waals surface area contributed by atoms with Gasteiger partial charge in [-0.15, -0.1) is 0 Å². The van der Waals surface area contributed by atoms with Crippen LogP contribution in [-0.4, -0.2) is 49.9 Å². The lowest BCUT2D eigenvalue weighted by Gasteiger charge is -2.15. The van der Waals surface area contributed by atoms with E-state index in [9.17, 15) is 53.8 Å². The first-order valence-corrected chi connectivity index (χ1v) is 13.6. The first-order chi connectivity index (χ1) is 16.4. The number of nitrogens with zero attached hydrogens (tertiary/aromatic N) is 1. The number of fused-ring (bicyclic) bond motifs is 1. The second-order valence-electron chi connectivity index (χ2n) is 7.27. The molecule has 0 saturated carbocycles. The molecule has 15 nitrogen and oxygen atoms in total. The SMILES string of the molecule is Cc1ccc(NC(=O)Nc2cc(S(=O)(=O)O)cc3cc(S(=O)(=O)O)cc(S(=O)(=O)O)c23)c([N+](=O)[O-])c1. The van der Waals surface area contributed by atoms with Crippen molar-refractivity contribution in [1.29, 1.82) is 0 Å². The van der Waals surface area contributed by atoms with Gasteiger partial charge >= 0.3 is 6.03 Å². The Bertz CT molecular complexity index is 1760. The van der Waals surface area contributed by atoms with Crippen molar-refractivity contribution in [2.24, 2.45) is 0 Å². The van der Waals surface area contributed by atoms with Crippen LogP contribution < -0.4 is 10.6 Å². The molecule has 0 aromatic heterocycles. The van der Waals surface area contributed by atoms with Gasteiger partial charge in [0, 0.05) is 11.5 Å². The molecule has 0 spiro atoms. The van der Waals surface area contributed by atoms with Crippen LogP contribution in [0.3, 0.4) is 0 Å². The molecule has 0 aliphatic carbocycles. The predicted molar refractivity (Wildman–Crippen MR) is 124 cm³/mol. The highest BCUT2D eigenvalue weighted by Gasteiger charge is 2.26. The van der Waals surface area contributed by atoms with E-state index in [0.717, 1.165) is 6.07 Å². The molecule has 0 heterocycles. The molecule has 3 aromatic carbocycles. The van der Waals surface area contributed by atoms with Crippen LogP contribution >= 0.6 is 0 Å². The highest BCUT2D eigenvalue weighted by Crippen LogP contribution is 2.35. The maximum atomic E-state index is 12.6. The van der Waals surface area contributed by atoms with Gasteiger partial charge in [-0.25, -0.2) is 4.79 Å². The molecule has 0 aliphatic rings. The largest absolute Gasteiger partial charge is 0.323 e. The van der Waals surface area contributed by atoms with Crippen LogP contribution in [0, 0.1) is 17.0 Å². The van der Waals surface area contributed by atoms with Crippen LogP contribution in [0.2, 0.25) is 0 Å². The third kappa shape index (κ3) is 5.75. The summed E-state index contributed by atoms with van der Waals surface area (Å²) in [5.41, 5.74) is -0.964. The van der Waals surface area contributed by atoms with Crippen molar-refractivity contribution in [2.75, 3.05) is 10.6 Å². The van der Waals surface area contributed by atoms with Crippen molar-refractivity contribution < 1.29 is 48.6 Å². The molecular weight excluding hydrogens is 546 g/mol. The highest BCUT2D eigenvalue weighted by molar-refractivity contribution is 7.87. The van der Waals surface area contributed by atoms with Crippen molar-refractivity contribution in [3.05, 3.63) is 58.1 Å². The maximum absolute atomic E-state index is 12.6. The Kier molecular flexibility index (Phi) is 6.79. The summed E-state index contributed by atoms with van der Waals surface area (Å²) in [7, 11) is -15.3. The van der Waals surface area contributed by atoms with Gasteiger partial charge in [0.15, 0.2) is 0 Å². The van der Waals surface area contributed by atoms with Crippen LogP contribution in [-0.2, 0) is 30.4 Å². The summed E-state index contributed by atoms with van der Waals surface area (Å²) in [6.45, 7) is 1.56. The molecule has 3 rings (SSSR count). The fourth-order valence-corrected chi connectivity index (χ4v) is 5.12. The second-order valence-corrected chi connectivity index (χ2v) is 11.5. The normalized spacial score (nSPS) is 12.3. The monoisotopic (exact) mass is 561 g/mol. The molecule has 18 heteroatoms. The minimum Gasteiger partial charge on any atom is -0.307 e. The Morgan fingerprint density at radius 2 is 1.33 bits per heavy atom. The van der Waals surface area contributed by atoms with Crippen LogP contribution in [0.15, 0.2) is 57.2 Å². The zero-order valence-corrected chi connectivity index (χ0v) is 20.2. The summed E-state index contributed by atoms with van der Waals surface area (Å²) in [5, 5.41) is 14.3. The van der Waals surface area contributed by atoms with E-state index in [1.807, 2.05) is 0 Å². The number of nitrogens with one attached hydrogen (secondary N) is 2. The first kappa shape index (κ1) is 26.9. The number of hydrogen-bond acceptors (Lipinski definition) is 9. The molecular formula is C18H15N3O12S3. The Balaban J connectivity index is 2.27. The van der Waals surface area contributed by atoms with Gasteiger partial charge in [0.1, 0.15) is 10.6 Å². The van der Waals surface area contributed by atoms with Gasteiger partial charge in [-0.1, -0.05) is 6.07 Å². The molecule has 0 fully saturated rings. The number of carbonyl (C=O) groups is 1. The lowest BCUT2D eigenvalue weighted by Crippen LogP contribution is -2.21. The number of carbonyl (C=O) groups excluding carboxylic acids is 1. The molecule has 3 aromatic rings. The third-order valence-corrected chi connectivity index (χ3v) is 7.22. The van der Waals surface area contributed by atoms with Gasteiger partial charge in [-0.05, 0) is 48.2 Å². The van der Waals surface area contributed by atoms with Gasteiger partial charge in [0.25, 0.3) is 36.0 Å². The Labute approximate surface area is 203 Å². The van der Waals surface area contributed by atoms with E-state index >= 15 is 0 Å². The minimum absolute atomic E-state index is 0.290. The summed E-state index contributed by atoms with van der Waals surface area (Å²) < 4.78 is 99.1. The van der Waals surface area contributed by atoms with Crippen LogP contribution in [0.25, 0.3) is 10.8 Å². The maximum Gasteiger partial charge on any atom is 0.323 e. The van der Waals surface area contributed by atoms with Gasteiger partial charge in [-0.3, -0.25) is 23.8 Å². The molecule has 2 amide bonds. The van der Waals surface area contributed by atoms with Crippen molar-refractivity contribution in [2.45, 2.75) is 21.6 Å². The fraction of sp³-hybridized carbons (Fsp3) is 0.0556. The summed E-state index contributed by atoms with van der Waals surface area (Å²) >= 11 is 0. The van der Waals surface area contributed by atoms with Gasteiger partial charge < -0.3 is 10.6 Å². The van der Waals surface area contributed by atoms with Gasteiger partial charge in [0.05, 0.1) is 20.4 Å². The molecule has 0 bridgehead atoms. The van der Waals surface area contributed by atoms with E-state index in [0.29, 0.717) is 29.8 Å². The zero-order valence-electron chi connectivity index (χ0n) is 17.7. The first-order valence-electron chi connectivity index (χ1n) is 9.25. The van der Waals surface area contributed by atoms with Crippen LogP contribution in [0.1, 0.15) is 5.56 Å². The smallest absolute Gasteiger partial charge is 0.307 e. The number of rotatable bonds is 6. The Hall–Kier alpha value is -3.68. The second kappa shape index (κ2) is 9.08. The van der Waals surface area contributed by atoms with Crippen molar-refractivity contribution >= 4 is 64.2 Å². The molecule has 5 N–H and O–H groups in total. The number of urea groups is 1. The average molecular weight is 562 g/mol. The molecule has 36 heavy (non-hydrogen) atoms. The third-order valence-electron chi connectivity index (χ3n) is 4.68. The van der Waals surface area contributed by atoms with E-state index in [2.05, 4.69) is 10.6 Å². The van der Waals surface area contributed by atoms with Crippen molar-refractivity contribution in [1.82, 2.24) is 0 Å². The highest BCUT2D eigenvalue weighted by atomic mass is 32.2. The van der Waals surface area contributed by atoms with E-state index < -0.39 is 78.1 Å². The number of amides is 2. The van der Waals surface area contributed by atoms with E-state index in [-0.39, 0.29) is 5.69 Å². The van der Waals surface area contributed by atoms with Gasteiger partial charge in [0.2, 0.25) is 0 Å². The summed E-state index contributed by atoms with van der Waals surface area (Å²) in [6.07, 6.45) is 0. The van der Waals surface area contributed by atoms with Crippen LogP contribution in [0.4, 0.5) is 21.9 Å². The van der Waals surface area contributed by atoms with E-state index in [1.54, 1.807) is 6.92 Å². The number of nitro groups is 1. The topological polar surface area (TPSA) is 247 Å².